The van der Waals surface area contributed by atoms with Crippen LogP contribution in [0.1, 0.15) is 34.0 Å². The molecular weight excluding hydrogens is 508 g/mol. The Morgan fingerprint density at radius 2 is 1.92 bits per heavy atom. The number of Topliss-reactive ketones (excluding diaryl/α,β-unsaturated/α-hetero) is 2. The third-order valence-electron chi connectivity index (χ3n) is 5.72. The molecule has 2 heterocycles. The van der Waals surface area contributed by atoms with Crippen LogP contribution in [0.5, 0.6) is 0 Å². The maximum Gasteiger partial charge on any atom is 0.244 e. The molecule has 4 rings (SSSR count). The van der Waals surface area contributed by atoms with E-state index in [0.29, 0.717) is 37.7 Å². The number of hydrogen-bond acceptors (Lipinski definition) is 7. The molecule has 0 aliphatic carbocycles. The van der Waals surface area contributed by atoms with Crippen molar-refractivity contribution in [3.8, 4) is 5.69 Å². The number of rotatable bonds is 10. The molecule has 11 heteroatoms. The summed E-state index contributed by atoms with van der Waals surface area (Å²) in [7, 11) is 0. The molecule has 0 unspecified atom stereocenters. The van der Waals surface area contributed by atoms with E-state index in [9.17, 15) is 19.6 Å². The summed E-state index contributed by atoms with van der Waals surface area (Å²) in [6.07, 6.45) is 7.11. The van der Waals surface area contributed by atoms with Gasteiger partial charge in [0.1, 0.15) is 6.33 Å². The maximum atomic E-state index is 13.3. The Bertz CT molecular complexity index is 1490. The largest absolute Gasteiger partial charge is 0.619 e. The van der Waals surface area contributed by atoms with Gasteiger partial charge in [-0.3, -0.25) is 14.4 Å². The molecule has 0 aliphatic heterocycles. The second-order valence-electron chi connectivity index (χ2n) is 8.52. The van der Waals surface area contributed by atoms with Crippen LogP contribution >= 0.6 is 11.6 Å². The lowest BCUT2D eigenvalue weighted by Gasteiger charge is -2.17. The minimum atomic E-state index is -0.902. The highest BCUT2D eigenvalue weighted by molar-refractivity contribution is 6.30. The van der Waals surface area contributed by atoms with Crippen LogP contribution in [0, 0.1) is 5.21 Å². The van der Waals surface area contributed by atoms with Gasteiger partial charge in [0.05, 0.1) is 11.7 Å². The zero-order valence-electron chi connectivity index (χ0n) is 20.3. The van der Waals surface area contributed by atoms with Crippen LogP contribution in [0.25, 0.3) is 11.8 Å². The highest BCUT2D eigenvalue weighted by atomic mass is 35.5. The van der Waals surface area contributed by atoms with Gasteiger partial charge in [-0.1, -0.05) is 35.9 Å². The molecule has 0 spiro atoms. The summed E-state index contributed by atoms with van der Waals surface area (Å²) >= 11 is 6.14. The van der Waals surface area contributed by atoms with Crippen molar-refractivity contribution in [1.82, 2.24) is 25.5 Å². The predicted octanol–water partition coefficient (Wildman–Crippen LogP) is 2.70. The first-order valence-corrected chi connectivity index (χ1v) is 12.0. The molecule has 0 aliphatic rings. The van der Waals surface area contributed by atoms with E-state index in [1.54, 1.807) is 60.7 Å². The van der Waals surface area contributed by atoms with Gasteiger partial charge < -0.3 is 10.5 Å². The first-order chi connectivity index (χ1) is 18.3. The average molecular weight is 531 g/mol. The Morgan fingerprint density at radius 1 is 1.13 bits per heavy atom. The molecule has 1 atom stereocenters. The fraction of sp³-hybridized carbons (Fsp3) is 0.148. The van der Waals surface area contributed by atoms with Crippen LogP contribution in [0.3, 0.4) is 0 Å². The van der Waals surface area contributed by atoms with E-state index in [0.717, 1.165) is 0 Å². The number of carbonyl (C=O) groups excluding carboxylic acids is 3. The van der Waals surface area contributed by atoms with E-state index in [-0.39, 0.29) is 24.4 Å². The van der Waals surface area contributed by atoms with E-state index in [2.05, 4.69) is 20.8 Å². The number of carbonyl (C=O) groups is 3. The summed E-state index contributed by atoms with van der Waals surface area (Å²) in [6.45, 7) is 1.47. The highest BCUT2D eigenvalue weighted by Gasteiger charge is 2.22. The van der Waals surface area contributed by atoms with Crippen LogP contribution in [-0.4, -0.2) is 43.7 Å². The molecule has 10 nitrogen and oxygen atoms in total. The molecule has 2 aromatic heterocycles. The van der Waals surface area contributed by atoms with Gasteiger partial charge in [-0.25, -0.2) is 0 Å². The van der Waals surface area contributed by atoms with Crippen molar-refractivity contribution >= 4 is 35.2 Å². The molecule has 1 amide bonds. The molecule has 0 bridgehead atoms. The van der Waals surface area contributed by atoms with E-state index >= 15 is 0 Å². The van der Waals surface area contributed by atoms with Gasteiger partial charge in [0.2, 0.25) is 5.91 Å². The maximum absolute atomic E-state index is 13.3. The summed E-state index contributed by atoms with van der Waals surface area (Å²) in [5.41, 5.74) is 3.03. The Kier molecular flexibility index (Phi) is 8.34. The SMILES string of the molecule is CC(=O)c1ccc(CC(=O)[C@H](Cc2ccc[n+]([O-])c2)NC(=O)/C=C/c2cc(Cl)ccc2-n2cnnn2)cc1. The van der Waals surface area contributed by atoms with E-state index < -0.39 is 11.9 Å². The van der Waals surface area contributed by atoms with Gasteiger partial charge in [-0.15, -0.1) is 5.10 Å². The topological polar surface area (TPSA) is 134 Å². The first kappa shape index (κ1) is 26.4. The van der Waals surface area contributed by atoms with Crippen molar-refractivity contribution < 1.29 is 19.1 Å². The van der Waals surface area contributed by atoms with Gasteiger partial charge in [0.25, 0.3) is 0 Å². The normalized spacial score (nSPS) is 11.8. The summed E-state index contributed by atoms with van der Waals surface area (Å²) in [4.78, 5) is 37.7. The Hall–Kier alpha value is -4.70. The van der Waals surface area contributed by atoms with E-state index in [4.69, 9.17) is 11.6 Å². The highest BCUT2D eigenvalue weighted by Crippen LogP contribution is 2.20. The number of halogens is 1. The number of aromatic nitrogens is 5. The van der Waals surface area contributed by atoms with Gasteiger partial charge in [-0.05, 0) is 53.3 Å². The van der Waals surface area contributed by atoms with Crippen molar-refractivity contribution in [3.63, 3.8) is 0 Å². The second kappa shape index (κ2) is 12.0. The van der Waals surface area contributed by atoms with Crippen molar-refractivity contribution in [2.45, 2.75) is 25.8 Å². The summed E-state index contributed by atoms with van der Waals surface area (Å²) in [6, 6.07) is 14.2. The number of nitrogens with one attached hydrogen (secondary N) is 1. The van der Waals surface area contributed by atoms with Crippen LogP contribution in [-0.2, 0) is 22.4 Å². The number of tetrazole rings is 1. The smallest absolute Gasteiger partial charge is 0.244 e. The number of pyridine rings is 1. The van der Waals surface area contributed by atoms with Gasteiger partial charge in [0, 0.05) is 46.7 Å². The molecule has 0 fully saturated rings. The van der Waals surface area contributed by atoms with Crippen molar-refractivity contribution in [1.29, 1.82) is 0 Å². The summed E-state index contributed by atoms with van der Waals surface area (Å²) < 4.78 is 2.07. The quantitative estimate of drug-likeness (QED) is 0.144. The zero-order valence-corrected chi connectivity index (χ0v) is 21.1. The minimum absolute atomic E-state index is 0.0365. The average Bonchev–Trinajstić information content (AvgIpc) is 3.42. The fourth-order valence-electron chi connectivity index (χ4n) is 3.81. The third-order valence-corrected chi connectivity index (χ3v) is 5.95. The number of hydrogen-bond donors (Lipinski definition) is 1. The predicted molar refractivity (Wildman–Crippen MR) is 139 cm³/mol. The Labute approximate surface area is 223 Å². The lowest BCUT2D eigenvalue weighted by atomic mass is 9.97. The van der Waals surface area contributed by atoms with Gasteiger partial charge >= 0.3 is 0 Å². The van der Waals surface area contributed by atoms with Gasteiger partial charge in [-0.2, -0.15) is 9.41 Å². The van der Waals surface area contributed by atoms with Crippen LogP contribution in [0.4, 0.5) is 0 Å². The minimum Gasteiger partial charge on any atom is -0.619 e. The van der Waals surface area contributed by atoms with Crippen LogP contribution in [0.15, 0.2) is 79.4 Å². The number of benzene rings is 2. The van der Waals surface area contributed by atoms with Crippen LogP contribution in [0.2, 0.25) is 5.02 Å². The van der Waals surface area contributed by atoms with E-state index in [1.165, 1.54) is 36.4 Å². The molecule has 0 radical (unpaired) electrons. The van der Waals surface area contributed by atoms with Crippen molar-refractivity contribution in [2.24, 2.45) is 0 Å². The Balaban J connectivity index is 1.53. The standard InChI is InChI=1S/C27H23ClN6O4/c1-18(35)21-6-4-19(5-7-21)14-26(36)24(13-20-3-2-12-33(38)16-20)30-27(37)11-8-22-15-23(28)9-10-25(22)34-17-29-31-32-34/h2-12,15-17,24H,13-14H2,1H3,(H,30,37)/b11-8+/t24-/m0/s1. The lowest BCUT2D eigenvalue weighted by molar-refractivity contribution is -0.605. The number of nitrogens with zero attached hydrogens (tertiary/aromatic N) is 5. The first-order valence-electron chi connectivity index (χ1n) is 11.6. The molecule has 0 saturated carbocycles. The molecule has 1 N–H and O–H groups in total. The molecular formula is C27H23ClN6O4. The monoisotopic (exact) mass is 530 g/mol. The zero-order chi connectivity index (χ0) is 27.1. The summed E-state index contributed by atoms with van der Waals surface area (Å²) in [5, 5.41) is 26.1. The molecule has 2 aromatic carbocycles. The van der Waals surface area contributed by atoms with Crippen LogP contribution < -0.4 is 10.0 Å². The summed E-state index contributed by atoms with van der Waals surface area (Å²) in [5.74, 6) is -0.831. The van der Waals surface area contributed by atoms with Gasteiger partial charge in [0.15, 0.2) is 24.0 Å². The Morgan fingerprint density at radius 3 is 2.61 bits per heavy atom. The molecule has 192 valence electrons. The fourth-order valence-corrected chi connectivity index (χ4v) is 3.99. The third kappa shape index (κ3) is 6.95. The number of amides is 1. The second-order valence-corrected chi connectivity index (χ2v) is 8.96. The molecule has 4 aromatic rings. The number of ketones is 2. The van der Waals surface area contributed by atoms with Crippen molar-refractivity contribution in [2.75, 3.05) is 0 Å². The molecule has 38 heavy (non-hydrogen) atoms. The van der Waals surface area contributed by atoms with Crippen molar-refractivity contribution in [3.05, 3.63) is 112 Å². The molecule has 0 saturated heterocycles. The van der Waals surface area contributed by atoms with E-state index in [1.807, 2.05) is 0 Å². The lowest BCUT2D eigenvalue weighted by Crippen LogP contribution is -2.43.